The molecule has 1 spiro atoms. The number of carbonyl (C=O) groups excluding carboxylic acids is 1. The highest BCUT2D eigenvalue weighted by atomic mass is 16.5. The fourth-order valence-corrected chi connectivity index (χ4v) is 7.46. The number of hydrogen-bond donors (Lipinski definition) is 3. The van der Waals surface area contributed by atoms with Gasteiger partial charge in [-0.2, -0.15) is 0 Å². The van der Waals surface area contributed by atoms with E-state index in [4.69, 9.17) is 9.47 Å². The molecular formula is C25H33NO6. The number of carboxylic acid groups (broad SMARTS) is 1. The first-order chi connectivity index (χ1) is 15.0. The normalized spacial score (nSPS) is 39.1. The summed E-state index contributed by atoms with van der Waals surface area (Å²) in [6, 6.07) is 1.65. The molecule has 7 nitrogen and oxygen atoms in total. The van der Waals surface area contributed by atoms with E-state index in [1.165, 1.54) is 0 Å². The Labute approximate surface area is 188 Å². The third-order valence-corrected chi connectivity index (χ3v) is 9.51. The summed E-state index contributed by atoms with van der Waals surface area (Å²) < 4.78 is 12.9. The van der Waals surface area contributed by atoms with E-state index in [9.17, 15) is 19.8 Å². The van der Waals surface area contributed by atoms with Gasteiger partial charge in [-0.15, -0.1) is 0 Å². The zero-order chi connectivity index (χ0) is 23.2. The second kappa shape index (κ2) is 6.70. The van der Waals surface area contributed by atoms with Crippen LogP contribution in [0.4, 0.5) is 0 Å². The number of amides is 1. The Kier molecular flexibility index (Phi) is 4.55. The van der Waals surface area contributed by atoms with Gasteiger partial charge in [0, 0.05) is 37.0 Å². The van der Waals surface area contributed by atoms with Gasteiger partial charge in [-0.05, 0) is 42.2 Å². The minimum atomic E-state index is -1.09. The van der Waals surface area contributed by atoms with Crippen LogP contribution >= 0.6 is 0 Å². The SMILES string of the molecule is CO[C@@H]1C[C@@]23Oc4c(cc(C(=O)O)c5c4CNC5=O)C[C@]2(C)[C@@H](C)CC[C@H]3C(C)(C)[C@H]1O. The van der Waals surface area contributed by atoms with E-state index in [1.54, 1.807) is 13.2 Å². The van der Waals surface area contributed by atoms with Crippen LogP contribution in [0.1, 0.15) is 78.8 Å². The lowest BCUT2D eigenvalue weighted by Gasteiger charge is -2.68. The molecule has 2 aliphatic carbocycles. The number of fused-ring (bicyclic) bond motifs is 3. The molecule has 0 aromatic heterocycles. The van der Waals surface area contributed by atoms with Crippen LogP contribution in [-0.2, 0) is 17.7 Å². The maximum absolute atomic E-state index is 12.5. The van der Waals surface area contributed by atoms with E-state index < -0.39 is 23.1 Å². The van der Waals surface area contributed by atoms with Gasteiger partial charge in [-0.25, -0.2) is 4.79 Å². The minimum Gasteiger partial charge on any atom is -0.486 e. The van der Waals surface area contributed by atoms with Crippen molar-refractivity contribution in [2.75, 3.05) is 7.11 Å². The monoisotopic (exact) mass is 443 g/mol. The van der Waals surface area contributed by atoms with Crippen LogP contribution in [0.2, 0.25) is 0 Å². The number of benzene rings is 1. The van der Waals surface area contributed by atoms with Gasteiger partial charge in [0.2, 0.25) is 0 Å². The van der Waals surface area contributed by atoms with E-state index in [0.29, 0.717) is 30.1 Å². The van der Waals surface area contributed by atoms with E-state index in [1.807, 2.05) is 0 Å². The van der Waals surface area contributed by atoms with Crippen molar-refractivity contribution in [3.05, 3.63) is 28.3 Å². The van der Waals surface area contributed by atoms with Crippen molar-refractivity contribution in [1.29, 1.82) is 0 Å². The van der Waals surface area contributed by atoms with Crippen LogP contribution < -0.4 is 10.1 Å². The average Bonchev–Trinajstić information content (AvgIpc) is 3.11. The third kappa shape index (κ3) is 2.49. The maximum Gasteiger partial charge on any atom is 0.336 e. The second-order valence-corrected chi connectivity index (χ2v) is 11.1. The van der Waals surface area contributed by atoms with Gasteiger partial charge in [-0.3, -0.25) is 4.79 Å². The summed E-state index contributed by atoms with van der Waals surface area (Å²) in [6.07, 6.45) is 2.23. The number of rotatable bonds is 2. The Balaban J connectivity index is 1.75. The fourth-order valence-electron chi connectivity index (χ4n) is 7.46. The van der Waals surface area contributed by atoms with E-state index >= 15 is 0 Å². The molecule has 1 amide bonds. The molecule has 0 bridgehead atoms. The number of methoxy groups -OCH3 is 1. The molecule has 3 N–H and O–H groups in total. The molecule has 1 aromatic rings. The standard InChI is InChI=1S/C25H33NO6/c1-12-6-7-17-23(2,3)20(27)16(31-5)10-25(17)24(12,4)9-13-8-14(22(29)30)18-15(19(13)32-25)11-26-21(18)28/h8,12,16-17,20,27H,6-7,9-11H2,1-5H3,(H,26,28)(H,29,30)/t12-,16+,17-,20-,24+,25-/m0/s1. The Bertz CT molecular complexity index is 1020. The van der Waals surface area contributed by atoms with Crippen molar-refractivity contribution in [3.63, 3.8) is 0 Å². The number of hydrogen-bond acceptors (Lipinski definition) is 5. The summed E-state index contributed by atoms with van der Waals surface area (Å²) in [5.74, 6) is -0.357. The summed E-state index contributed by atoms with van der Waals surface area (Å²) in [6.45, 7) is 8.98. The Morgan fingerprint density at radius 1 is 1.28 bits per heavy atom. The van der Waals surface area contributed by atoms with E-state index in [-0.39, 0.29) is 41.0 Å². The maximum atomic E-state index is 12.5. The van der Waals surface area contributed by atoms with Crippen molar-refractivity contribution >= 4 is 11.9 Å². The molecule has 1 aromatic carbocycles. The summed E-state index contributed by atoms with van der Waals surface area (Å²) in [5.41, 5.74) is 0.506. The lowest BCUT2D eigenvalue weighted by Crippen LogP contribution is -2.73. The second-order valence-electron chi connectivity index (χ2n) is 11.1. The van der Waals surface area contributed by atoms with Crippen LogP contribution in [-0.4, -0.2) is 47.0 Å². The highest BCUT2D eigenvalue weighted by Gasteiger charge is 2.69. The molecule has 0 saturated heterocycles. The molecule has 7 heteroatoms. The predicted octanol–water partition coefficient (Wildman–Crippen LogP) is 3.16. The highest BCUT2D eigenvalue weighted by Crippen LogP contribution is 2.66. The van der Waals surface area contributed by atoms with Crippen molar-refractivity contribution in [1.82, 2.24) is 5.32 Å². The van der Waals surface area contributed by atoms with Gasteiger partial charge in [0.05, 0.1) is 23.3 Å². The first-order valence-electron chi connectivity index (χ1n) is 11.6. The smallest absolute Gasteiger partial charge is 0.336 e. The number of carboxylic acids is 1. The van der Waals surface area contributed by atoms with Gasteiger partial charge in [0.1, 0.15) is 11.4 Å². The first-order valence-corrected chi connectivity index (χ1v) is 11.6. The van der Waals surface area contributed by atoms with Crippen LogP contribution in [0.15, 0.2) is 6.07 Å². The summed E-state index contributed by atoms with van der Waals surface area (Å²) in [7, 11) is 1.64. The average molecular weight is 444 g/mol. The fraction of sp³-hybridized carbons (Fsp3) is 0.680. The van der Waals surface area contributed by atoms with Crippen LogP contribution in [0.3, 0.4) is 0 Å². The van der Waals surface area contributed by atoms with Crippen molar-refractivity contribution in [2.24, 2.45) is 22.7 Å². The van der Waals surface area contributed by atoms with E-state index in [0.717, 1.165) is 18.4 Å². The molecule has 6 atom stereocenters. The molecule has 4 aliphatic rings. The predicted molar refractivity (Wildman–Crippen MR) is 117 cm³/mol. The molecular weight excluding hydrogens is 410 g/mol. The number of ether oxygens (including phenoxy) is 2. The van der Waals surface area contributed by atoms with Gasteiger partial charge in [0.25, 0.3) is 5.91 Å². The lowest BCUT2D eigenvalue weighted by molar-refractivity contribution is -0.264. The summed E-state index contributed by atoms with van der Waals surface area (Å²) in [5, 5.41) is 23.7. The van der Waals surface area contributed by atoms with Gasteiger partial charge in [0.15, 0.2) is 0 Å². The molecule has 32 heavy (non-hydrogen) atoms. The topological polar surface area (TPSA) is 105 Å². The quantitative estimate of drug-likeness (QED) is 0.649. The number of aliphatic hydroxyl groups excluding tert-OH is 1. The molecule has 0 unspecified atom stereocenters. The Morgan fingerprint density at radius 2 is 2.00 bits per heavy atom. The molecule has 2 heterocycles. The molecule has 0 radical (unpaired) electrons. The lowest BCUT2D eigenvalue weighted by atomic mass is 9.43. The Hall–Kier alpha value is -2.12. The first kappa shape index (κ1) is 21.7. The highest BCUT2D eigenvalue weighted by molar-refractivity contribution is 6.08. The molecule has 2 fully saturated rings. The molecule has 2 aliphatic heterocycles. The van der Waals surface area contributed by atoms with Crippen LogP contribution in [0, 0.1) is 22.7 Å². The summed E-state index contributed by atoms with van der Waals surface area (Å²) in [4.78, 5) is 24.5. The van der Waals surface area contributed by atoms with Crippen molar-refractivity contribution in [2.45, 2.75) is 77.7 Å². The summed E-state index contributed by atoms with van der Waals surface area (Å²) >= 11 is 0. The zero-order valence-electron chi connectivity index (χ0n) is 19.4. The van der Waals surface area contributed by atoms with E-state index in [2.05, 4.69) is 33.0 Å². The van der Waals surface area contributed by atoms with Crippen molar-refractivity contribution < 1.29 is 29.3 Å². The number of carbonyl (C=O) groups is 2. The minimum absolute atomic E-state index is 0.0473. The van der Waals surface area contributed by atoms with Gasteiger partial charge in [-0.1, -0.05) is 27.7 Å². The molecule has 174 valence electrons. The van der Waals surface area contributed by atoms with Crippen LogP contribution in [0.25, 0.3) is 0 Å². The number of aromatic carboxylic acids is 1. The van der Waals surface area contributed by atoms with Gasteiger partial charge >= 0.3 is 5.97 Å². The number of nitrogens with one attached hydrogen (secondary N) is 1. The molecule has 2 saturated carbocycles. The molecule has 5 rings (SSSR count). The Morgan fingerprint density at radius 3 is 2.66 bits per heavy atom. The third-order valence-electron chi connectivity index (χ3n) is 9.51. The largest absolute Gasteiger partial charge is 0.486 e. The van der Waals surface area contributed by atoms with Crippen LogP contribution in [0.5, 0.6) is 5.75 Å². The van der Waals surface area contributed by atoms with Gasteiger partial charge < -0.3 is 25.0 Å². The number of aliphatic hydroxyl groups is 1. The zero-order valence-corrected chi connectivity index (χ0v) is 19.4. The van der Waals surface area contributed by atoms with Crippen molar-refractivity contribution in [3.8, 4) is 5.75 Å².